The SMILES string of the molecule is Cc1csc([C@@H](C)NC(=O)Cn2cnc(C)c2C)n1. The number of rotatable bonds is 4. The molecule has 19 heavy (non-hydrogen) atoms. The number of nitrogens with one attached hydrogen (secondary N) is 1. The molecule has 2 aromatic heterocycles. The Bertz CT molecular complexity index is 587. The van der Waals surface area contributed by atoms with Gasteiger partial charge in [-0.2, -0.15) is 0 Å². The van der Waals surface area contributed by atoms with Crippen LogP contribution in [0, 0.1) is 20.8 Å². The van der Waals surface area contributed by atoms with Crippen molar-refractivity contribution in [2.24, 2.45) is 0 Å². The van der Waals surface area contributed by atoms with Crippen molar-refractivity contribution in [3.05, 3.63) is 33.8 Å². The highest BCUT2D eigenvalue weighted by Crippen LogP contribution is 2.17. The highest BCUT2D eigenvalue weighted by molar-refractivity contribution is 7.09. The van der Waals surface area contributed by atoms with Gasteiger partial charge in [0.05, 0.1) is 18.1 Å². The van der Waals surface area contributed by atoms with Crippen molar-refractivity contribution in [2.75, 3.05) is 0 Å². The fourth-order valence-electron chi connectivity index (χ4n) is 1.78. The maximum absolute atomic E-state index is 12.0. The van der Waals surface area contributed by atoms with E-state index in [0.29, 0.717) is 6.54 Å². The monoisotopic (exact) mass is 278 g/mol. The molecule has 2 heterocycles. The first-order valence-electron chi connectivity index (χ1n) is 6.17. The zero-order chi connectivity index (χ0) is 14.0. The van der Waals surface area contributed by atoms with Crippen LogP contribution in [0.15, 0.2) is 11.7 Å². The van der Waals surface area contributed by atoms with E-state index in [-0.39, 0.29) is 11.9 Å². The molecule has 0 spiro atoms. The summed E-state index contributed by atoms with van der Waals surface area (Å²) in [5.74, 6) is -0.0270. The molecule has 0 saturated heterocycles. The summed E-state index contributed by atoms with van der Waals surface area (Å²) in [5, 5.41) is 5.88. The summed E-state index contributed by atoms with van der Waals surface area (Å²) in [7, 11) is 0. The van der Waals surface area contributed by atoms with Gasteiger partial charge in [-0.25, -0.2) is 9.97 Å². The number of hydrogen-bond donors (Lipinski definition) is 1. The van der Waals surface area contributed by atoms with Gasteiger partial charge in [-0.3, -0.25) is 4.79 Å². The smallest absolute Gasteiger partial charge is 0.240 e. The lowest BCUT2D eigenvalue weighted by Crippen LogP contribution is -2.30. The van der Waals surface area contributed by atoms with E-state index in [1.807, 2.05) is 37.6 Å². The second kappa shape index (κ2) is 5.52. The molecule has 102 valence electrons. The Morgan fingerprint density at radius 2 is 2.21 bits per heavy atom. The predicted octanol–water partition coefficient (Wildman–Crippen LogP) is 2.14. The fraction of sp³-hybridized carbons (Fsp3) is 0.462. The third kappa shape index (κ3) is 3.20. The molecule has 0 aliphatic heterocycles. The zero-order valence-electron chi connectivity index (χ0n) is 11.6. The van der Waals surface area contributed by atoms with E-state index in [0.717, 1.165) is 22.1 Å². The number of aromatic nitrogens is 3. The largest absolute Gasteiger partial charge is 0.346 e. The van der Waals surface area contributed by atoms with Crippen LogP contribution < -0.4 is 5.32 Å². The Labute approximate surface area is 116 Å². The summed E-state index contributed by atoms with van der Waals surface area (Å²) in [6.45, 7) is 8.09. The molecule has 1 N–H and O–H groups in total. The standard InChI is InChI=1S/C13H18N4OS/c1-8-6-19-13(15-8)10(3)16-12(18)5-17-7-14-9(2)11(17)4/h6-7,10H,5H2,1-4H3,(H,16,18)/t10-/m1/s1. The van der Waals surface area contributed by atoms with Crippen LogP contribution in [0.1, 0.15) is 35.1 Å². The Morgan fingerprint density at radius 1 is 1.47 bits per heavy atom. The summed E-state index contributed by atoms with van der Waals surface area (Å²) in [4.78, 5) is 20.5. The summed E-state index contributed by atoms with van der Waals surface area (Å²) < 4.78 is 1.85. The first kappa shape index (κ1) is 13.7. The number of imidazole rings is 1. The van der Waals surface area contributed by atoms with Crippen molar-refractivity contribution in [1.29, 1.82) is 0 Å². The number of aryl methyl sites for hydroxylation is 2. The van der Waals surface area contributed by atoms with Crippen molar-refractivity contribution in [2.45, 2.75) is 40.3 Å². The lowest BCUT2D eigenvalue weighted by Gasteiger charge is -2.12. The topological polar surface area (TPSA) is 59.8 Å². The summed E-state index contributed by atoms with van der Waals surface area (Å²) >= 11 is 1.57. The van der Waals surface area contributed by atoms with Crippen molar-refractivity contribution >= 4 is 17.2 Å². The minimum Gasteiger partial charge on any atom is -0.346 e. The molecule has 0 aromatic carbocycles. The molecule has 0 bridgehead atoms. The van der Waals surface area contributed by atoms with Crippen molar-refractivity contribution < 1.29 is 4.79 Å². The Hall–Kier alpha value is -1.69. The second-order valence-corrected chi connectivity index (χ2v) is 5.55. The number of carbonyl (C=O) groups excluding carboxylic acids is 1. The normalized spacial score (nSPS) is 12.4. The summed E-state index contributed by atoms with van der Waals surface area (Å²) in [6, 6.07) is -0.0591. The maximum Gasteiger partial charge on any atom is 0.240 e. The van der Waals surface area contributed by atoms with Crippen LogP contribution in [0.3, 0.4) is 0 Å². The van der Waals surface area contributed by atoms with Gasteiger partial charge in [0.15, 0.2) is 0 Å². The Balaban J connectivity index is 1.96. The van der Waals surface area contributed by atoms with Gasteiger partial charge in [-0.05, 0) is 27.7 Å². The van der Waals surface area contributed by atoms with Gasteiger partial charge in [0.2, 0.25) is 5.91 Å². The minimum absolute atomic E-state index is 0.0270. The second-order valence-electron chi connectivity index (χ2n) is 4.66. The highest BCUT2D eigenvalue weighted by Gasteiger charge is 2.13. The van der Waals surface area contributed by atoms with Crippen LogP contribution in [0.25, 0.3) is 0 Å². The van der Waals surface area contributed by atoms with Gasteiger partial charge < -0.3 is 9.88 Å². The average molecular weight is 278 g/mol. The zero-order valence-corrected chi connectivity index (χ0v) is 12.4. The van der Waals surface area contributed by atoms with E-state index >= 15 is 0 Å². The highest BCUT2D eigenvalue weighted by atomic mass is 32.1. The maximum atomic E-state index is 12.0. The Kier molecular flexibility index (Phi) is 3.99. The van der Waals surface area contributed by atoms with Crippen molar-refractivity contribution in [1.82, 2.24) is 19.9 Å². The van der Waals surface area contributed by atoms with Crippen molar-refractivity contribution in [3.8, 4) is 0 Å². The number of amides is 1. The quantitative estimate of drug-likeness (QED) is 0.932. The number of thiazole rings is 1. The average Bonchev–Trinajstić information content (AvgIpc) is 2.90. The fourth-order valence-corrected chi connectivity index (χ4v) is 2.58. The summed E-state index contributed by atoms with van der Waals surface area (Å²) in [5.41, 5.74) is 2.96. The van der Waals surface area contributed by atoms with E-state index in [1.54, 1.807) is 17.7 Å². The molecule has 2 aromatic rings. The summed E-state index contributed by atoms with van der Waals surface area (Å²) in [6.07, 6.45) is 1.70. The minimum atomic E-state index is -0.0591. The van der Waals surface area contributed by atoms with Crippen LogP contribution >= 0.6 is 11.3 Å². The van der Waals surface area contributed by atoms with Crippen LogP contribution in [-0.2, 0) is 11.3 Å². The van der Waals surface area contributed by atoms with E-state index in [1.165, 1.54) is 0 Å². The molecule has 0 saturated carbocycles. The molecule has 2 rings (SSSR count). The van der Waals surface area contributed by atoms with E-state index in [2.05, 4.69) is 15.3 Å². The van der Waals surface area contributed by atoms with Gasteiger partial charge in [0.1, 0.15) is 11.6 Å². The molecular formula is C13H18N4OS. The van der Waals surface area contributed by atoms with Gasteiger partial charge in [-0.1, -0.05) is 0 Å². The van der Waals surface area contributed by atoms with E-state index in [9.17, 15) is 4.79 Å². The first-order chi connectivity index (χ1) is 8.97. The number of nitrogens with zero attached hydrogens (tertiary/aromatic N) is 3. The first-order valence-corrected chi connectivity index (χ1v) is 7.05. The van der Waals surface area contributed by atoms with Gasteiger partial charge in [-0.15, -0.1) is 11.3 Å². The number of carbonyl (C=O) groups is 1. The van der Waals surface area contributed by atoms with Gasteiger partial charge >= 0.3 is 0 Å². The van der Waals surface area contributed by atoms with Gasteiger partial charge in [0.25, 0.3) is 0 Å². The molecule has 0 unspecified atom stereocenters. The van der Waals surface area contributed by atoms with Crippen molar-refractivity contribution in [3.63, 3.8) is 0 Å². The van der Waals surface area contributed by atoms with Crippen LogP contribution in [0.2, 0.25) is 0 Å². The Morgan fingerprint density at radius 3 is 2.74 bits per heavy atom. The van der Waals surface area contributed by atoms with Crippen LogP contribution in [0.4, 0.5) is 0 Å². The molecule has 5 nitrogen and oxygen atoms in total. The lowest BCUT2D eigenvalue weighted by molar-refractivity contribution is -0.122. The molecule has 0 aliphatic carbocycles. The van der Waals surface area contributed by atoms with Crippen LogP contribution in [-0.4, -0.2) is 20.4 Å². The molecule has 0 aliphatic rings. The number of hydrogen-bond acceptors (Lipinski definition) is 4. The van der Waals surface area contributed by atoms with E-state index in [4.69, 9.17) is 0 Å². The third-order valence-corrected chi connectivity index (χ3v) is 4.19. The predicted molar refractivity (Wildman–Crippen MR) is 75.1 cm³/mol. The molecule has 6 heteroatoms. The molecular weight excluding hydrogens is 260 g/mol. The molecule has 1 atom stereocenters. The van der Waals surface area contributed by atoms with E-state index < -0.39 is 0 Å². The molecule has 0 fully saturated rings. The van der Waals surface area contributed by atoms with Crippen LogP contribution in [0.5, 0.6) is 0 Å². The molecule has 1 amide bonds. The molecule has 0 radical (unpaired) electrons. The lowest BCUT2D eigenvalue weighted by atomic mass is 10.3. The third-order valence-electron chi connectivity index (χ3n) is 3.04. The van der Waals surface area contributed by atoms with Gasteiger partial charge in [0, 0.05) is 16.8 Å².